The fourth-order valence-corrected chi connectivity index (χ4v) is 2.32. The summed E-state index contributed by atoms with van der Waals surface area (Å²) in [4.78, 5) is 0. The third-order valence-electron chi connectivity index (χ3n) is 3.75. The van der Waals surface area contributed by atoms with Crippen LogP contribution in [0.4, 0.5) is 0 Å². The zero-order chi connectivity index (χ0) is 14.2. The Morgan fingerprint density at radius 2 is 1.21 bits per heavy atom. The molecule has 1 N–H and O–H groups in total. The summed E-state index contributed by atoms with van der Waals surface area (Å²) in [6.45, 7) is 4.29. The molecule has 0 amide bonds. The molecule has 1 atom stereocenters. The highest BCUT2D eigenvalue weighted by Crippen LogP contribution is 2.12. The molecule has 0 aliphatic rings. The number of allylic oxidation sites excluding steroid dienone is 1. The van der Waals surface area contributed by atoms with Crippen molar-refractivity contribution in [3.63, 3.8) is 0 Å². The van der Waals surface area contributed by atoms with Crippen LogP contribution in [0.25, 0.3) is 0 Å². The van der Waals surface area contributed by atoms with Gasteiger partial charge in [0, 0.05) is 0 Å². The van der Waals surface area contributed by atoms with Crippen molar-refractivity contribution >= 4 is 0 Å². The quantitative estimate of drug-likeness (QED) is 0.302. The molecular formula is C18H36O. The second-order valence-corrected chi connectivity index (χ2v) is 5.73. The molecule has 0 aromatic rings. The van der Waals surface area contributed by atoms with E-state index in [4.69, 9.17) is 0 Å². The average molecular weight is 268 g/mol. The highest BCUT2D eigenvalue weighted by atomic mass is 16.3. The maximum atomic E-state index is 9.35. The molecule has 0 aromatic carbocycles. The van der Waals surface area contributed by atoms with Crippen molar-refractivity contribution < 1.29 is 5.11 Å². The Morgan fingerprint density at radius 3 is 1.68 bits per heavy atom. The van der Waals surface area contributed by atoms with Gasteiger partial charge in [0.15, 0.2) is 0 Å². The number of hydrogen-bond acceptors (Lipinski definition) is 1. The Bertz CT molecular complexity index is 186. The van der Waals surface area contributed by atoms with E-state index in [1.165, 1.54) is 70.6 Å². The summed E-state index contributed by atoms with van der Waals surface area (Å²) in [6.07, 6.45) is 21.2. The molecule has 0 aliphatic carbocycles. The van der Waals surface area contributed by atoms with E-state index in [2.05, 4.69) is 13.0 Å². The first-order chi connectivity index (χ1) is 9.31. The SMILES string of the molecule is CCCCCCCCCCCCCC=CC(O)CC. The predicted molar refractivity (Wildman–Crippen MR) is 86.5 cm³/mol. The maximum Gasteiger partial charge on any atom is 0.0718 e. The molecule has 1 nitrogen and oxygen atoms in total. The third-order valence-corrected chi connectivity index (χ3v) is 3.75. The maximum absolute atomic E-state index is 9.35. The van der Waals surface area contributed by atoms with Crippen LogP contribution in [0, 0.1) is 0 Å². The van der Waals surface area contributed by atoms with E-state index < -0.39 is 0 Å². The van der Waals surface area contributed by atoms with Crippen LogP contribution < -0.4 is 0 Å². The number of aliphatic hydroxyl groups excluding tert-OH is 1. The van der Waals surface area contributed by atoms with Crippen LogP contribution in [-0.4, -0.2) is 11.2 Å². The standard InChI is InChI=1S/C18H36O/c1-3-5-6-7-8-9-10-11-12-13-14-15-16-17-18(19)4-2/h16-19H,3-15H2,1-2H3. The van der Waals surface area contributed by atoms with E-state index in [1.807, 2.05) is 13.0 Å². The summed E-state index contributed by atoms with van der Waals surface area (Å²) in [7, 11) is 0. The molecular weight excluding hydrogens is 232 g/mol. The molecule has 0 aliphatic heterocycles. The van der Waals surface area contributed by atoms with E-state index in [9.17, 15) is 5.11 Å². The summed E-state index contributed by atoms with van der Waals surface area (Å²) in [5.41, 5.74) is 0. The molecule has 0 radical (unpaired) electrons. The van der Waals surface area contributed by atoms with Gasteiger partial charge in [0.2, 0.25) is 0 Å². The Morgan fingerprint density at radius 1 is 0.737 bits per heavy atom. The fraction of sp³-hybridized carbons (Fsp3) is 0.889. The monoisotopic (exact) mass is 268 g/mol. The molecule has 1 heteroatoms. The largest absolute Gasteiger partial charge is 0.389 e. The number of aliphatic hydroxyl groups is 1. The second-order valence-electron chi connectivity index (χ2n) is 5.73. The molecule has 0 aromatic heterocycles. The van der Waals surface area contributed by atoms with Crippen molar-refractivity contribution in [2.24, 2.45) is 0 Å². The minimum Gasteiger partial charge on any atom is -0.389 e. The van der Waals surface area contributed by atoms with Gasteiger partial charge < -0.3 is 5.11 Å². The van der Waals surface area contributed by atoms with Crippen molar-refractivity contribution in [1.82, 2.24) is 0 Å². The summed E-state index contributed by atoms with van der Waals surface area (Å²) >= 11 is 0. The lowest BCUT2D eigenvalue weighted by Crippen LogP contribution is -1.97. The minimum absolute atomic E-state index is 0.229. The van der Waals surface area contributed by atoms with Crippen molar-refractivity contribution in [2.75, 3.05) is 0 Å². The first-order valence-corrected chi connectivity index (χ1v) is 8.66. The van der Waals surface area contributed by atoms with Gasteiger partial charge in [0.1, 0.15) is 0 Å². The van der Waals surface area contributed by atoms with Crippen molar-refractivity contribution in [2.45, 2.75) is 103 Å². The van der Waals surface area contributed by atoms with E-state index in [1.54, 1.807) is 0 Å². The lowest BCUT2D eigenvalue weighted by Gasteiger charge is -2.02. The highest BCUT2D eigenvalue weighted by molar-refractivity contribution is 4.87. The Kier molecular flexibility index (Phi) is 15.5. The van der Waals surface area contributed by atoms with Crippen LogP contribution in [0.15, 0.2) is 12.2 Å². The van der Waals surface area contributed by atoms with Gasteiger partial charge in [-0.05, 0) is 19.3 Å². The molecule has 19 heavy (non-hydrogen) atoms. The first kappa shape index (κ1) is 18.7. The third kappa shape index (κ3) is 15.6. The number of unbranched alkanes of at least 4 members (excludes halogenated alkanes) is 11. The van der Waals surface area contributed by atoms with E-state index in [0.29, 0.717) is 0 Å². The van der Waals surface area contributed by atoms with E-state index >= 15 is 0 Å². The lowest BCUT2D eigenvalue weighted by atomic mass is 10.1. The van der Waals surface area contributed by atoms with Crippen LogP contribution in [-0.2, 0) is 0 Å². The summed E-state index contributed by atoms with van der Waals surface area (Å²) < 4.78 is 0. The molecule has 114 valence electrons. The molecule has 0 saturated heterocycles. The van der Waals surface area contributed by atoms with Gasteiger partial charge in [0.25, 0.3) is 0 Å². The summed E-state index contributed by atoms with van der Waals surface area (Å²) in [5.74, 6) is 0. The van der Waals surface area contributed by atoms with Gasteiger partial charge in [0.05, 0.1) is 6.10 Å². The van der Waals surface area contributed by atoms with Gasteiger partial charge in [-0.25, -0.2) is 0 Å². The number of hydrogen-bond donors (Lipinski definition) is 1. The zero-order valence-corrected chi connectivity index (χ0v) is 13.4. The molecule has 0 bridgehead atoms. The Hall–Kier alpha value is -0.300. The Labute approximate surface area is 121 Å². The predicted octanol–water partition coefficient (Wildman–Crippen LogP) is 6.01. The smallest absolute Gasteiger partial charge is 0.0718 e. The normalized spacial score (nSPS) is 13.2. The van der Waals surface area contributed by atoms with Gasteiger partial charge in [-0.1, -0.05) is 90.2 Å². The lowest BCUT2D eigenvalue weighted by molar-refractivity contribution is 0.219. The molecule has 0 heterocycles. The topological polar surface area (TPSA) is 20.2 Å². The van der Waals surface area contributed by atoms with Crippen LogP contribution >= 0.6 is 0 Å². The summed E-state index contributed by atoms with van der Waals surface area (Å²) in [5, 5.41) is 9.35. The van der Waals surface area contributed by atoms with Crippen molar-refractivity contribution in [3.8, 4) is 0 Å². The molecule has 0 rings (SSSR count). The van der Waals surface area contributed by atoms with E-state index in [-0.39, 0.29) is 6.10 Å². The highest BCUT2D eigenvalue weighted by Gasteiger charge is 1.93. The summed E-state index contributed by atoms with van der Waals surface area (Å²) in [6, 6.07) is 0. The van der Waals surface area contributed by atoms with Crippen molar-refractivity contribution in [3.05, 3.63) is 12.2 Å². The number of rotatable bonds is 14. The molecule has 0 fully saturated rings. The Balaban J connectivity index is 3.05. The minimum atomic E-state index is -0.229. The van der Waals surface area contributed by atoms with Crippen LogP contribution in [0.5, 0.6) is 0 Å². The zero-order valence-electron chi connectivity index (χ0n) is 13.4. The van der Waals surface area contributed by atoms with E-state index in [0.717, 1.165) is 12.8 Å². The fourth-order valence-electron chi connectivity index (χ4n) is 2.32. The average Bonchev–Trinajstić information content (AvgIpc) is 2.43. The van der Waals surface area contributed by atoms with Crippen LogP contribution in [0.1, 0.15) is 97.3 Å². The van der Waals surface area contributed by atoms with Gasteiger partial charge in [-0.2, -0.15) is 0 Å². The molecule has 0 spiro atoms. The van der Waals surface area contributed by atoms with Gasteiger partial charge >= 0.3 is 0 Å². The van der Waals surface area contributed by atoms with Gasteiger partial charge in [-0.15, -0.1) is 0 Å². The van der Waals surface area contributed by atoms with Crippen LogP contribution in [0.3, 0.4) is 0 Å². The molecule has 0 saturated carbocycles. The van der Waals surface area contributed by atoms with Crippen molar-refractivity contribution in [1.29, 1.82) is 0 Å². The second kappa shape index (κ2) is 15.8. The first-order valence-electron chi connectivity index (χ1n) is 8.66. The van der Waals surface area contributed by atoms with Gasteiger partial charge in [-0.3, -0.25) is 0 Å². The molecule has 1 unspecified atom stereocenters. The van der Waals surface area contributed by atoms with Crippen LogP contribution in [0.2, 0.25) is 0 Å².